The second-order valence-corrected chi connectivity index (χ2v) is 5.87. The molecule has 114 valence electrons. The van der Waals surface area contributed by atoms with Crippen LogP contribution >= 0.6 is 15.9 Å². The molecule has 0 unspecified atom stereocenters. The summed E-state index contributed by atoms with van der Waals surface area (Å²) < 4.78 is 11.3. The molecule has 0 amide bonds. The van der Waals surface area contributed by atoms with Crippen LogP contribution < -0.4 is 9.47 Å². The van der Waals surface area contributed by atoms with Crippen molar-refractivity contribution in [3.8, 4) is 11.5 Å². The Hall–Kier alpha value is -1.22. The van der Waals surface area contributed by atoms with Crippen LogP contribution in [0.25, 0.3) is 10.8 Å². The topological polar surface area (TPSA) is 18.5 Å². The van der Waals surface area contributed by atoms with Gasteiger partial charge in [0, 0.05) is 10.9 Å². The predicted octanol–water partition coefficient (Wildman–Crippen LogP) is 5.35. The summed E-state index contributed by atoms with van der Waals surface area (Å²) in [6.45, 7) is 2.97. The number of methoxy groups -OCH3 is 1. The SMILES string of the molecule is CCc1c(OCCCCCBr)ccc2cc(OC)ccc12. The molecule has 0 fully saturated rings. The van der Waals surface area contributed by atoms with E-state index < -0.39 is 0 Å². The van der Waals surface area contributed by atoms with Crippen molar-refractivity contribution in [3.63, 3.8) is 0 Å². The first-order chi connectivity index (χ1) is 10.3. The molecular weight excluding hydrogens is 328 g/mol. The molecule has 0 radical (unpaired) electrons. The van der Waals surface area contributed by atoms with Crippen LogP contribution in [0.15, 0.2) is 30.3 Å². The van der Waals surface area contributed by atoms with E-state index in [0.717, 1.165) is 36.3 Å². The van der Waals surface area contributed by atoms with Crippen molar-refractivity contribution < 1.29 is 9.47 Å². The zero-order chi connectivity index (χ0) is 15.1. The predicted molar refractivity (Wildman–Crippen MR) is 93.0 cm³/mol. The Kier molecular flexibility index (Phi) is 6.37. The average molecular weight is 351 g/mol. The molecular formula is C18H23BrO2. The van der Waals surface area contributed by atoms with Crippen LogP contribution in [-0.2, 0) is 6.42 Å². The van der Waals surface area contributed by atoms with Gasteiger partial charge in [-0.3, -0.25) is 0 Å². The molecule has 3 heteroatoms. The fourth-order valence-corrected chi connectivity index (χ4v) is 2.93. The number of rotatable bonds is 8. The molecule has 0 aliphatic heterocycles. The number of benzene rings is 2. The van der Waals surface area contributed by atoms with Crippen LogP contribution in [0.3, 0.4) is 0 Å². The lowest BCUT2D eigenvalue weighted by Gasteiger charge is -2.14. The molecule has 21 heavy (non-hydrogen) atoms. The third kappa shape index (κ3) is 4.13. The number of halogens is 1. The van der Waals surface area contributed by atoms with Crippen molar-refractivity contribution in [1.82, 2.24) is 0 Å². The minimum absolute atomic E-state index is 0.793. The number of fused-ring (bicyclic) bond motifs is 1. The molecule has 2 aromatic carbocycles. The largest absolute Gasteiger partial charge is 0.497 e. The Bertz CT molecular complexity index is 581. The molecule has 0 atom stereocenters. The van der Waals surface area contributed by atoms with E-state index in [-0.39, 0.29) is 0 Å². The van der Waals surface area contributed by atoms with Crippen molar-refractivity contribution in [2.45, 2.75) is 32.6 Å². The van der Waals surface area contributed by atoms with Crippen molar-refractivity contribution in [1.29, 1.82) is 0 Å². The van der Waals surface area contributed by atoms with E-state index in [4.69, 9.17) is 9.47 Å². The molecule has 0 saturated carbocycles. The van der Waals surface area contributed by atoms with Crippen LogP contribution in [0.1, 0.15) is 31.7 Å². The van der Waals surface area contributed by atoms with Crippen molar-refractivity contribution in [2.75, 3.05) is 19.0 Å². The highest BCUT2D eigenvalue weighted by Crippen LogP contribution is 2.31. The van der Waals surface area contributed by atoms with Gasteiger partial charge in [0.1, 0.15) is 11.5 Å². The Balaban J connectivity index is 2.16. The summed E-state index contributed by atoms with van der Waals surface area (Å²) in [5.74, 6) is 1.92. The fourth-order valence-electron chi connectivity index (χ4n) is 2.53. The number of unbranched alkanes of at least 4 members (excludes halogenated alkanes) is 2. The quantitative estimate of drug-likeness (QED) is 0.471. The molecule has 0 spiro atoms. The molecule has 0 aromatic heterocycles. The number of hydrogen-bond acceptors (Lipinski definition) is 2. The smallest absolute Gasteiger partial charge is 0.123 e. The maximum atomic E-state index is 5.99. The van der Waals surface area contributed by atoms with Gasteiger partial charge in [0.25, 0.3) is 0 Å². The summed E-state index contributed by atoms with van der Waals surface area (Å²) >= 11 is 3.46. The van der Waals surface area contributed by atoms with Crippen LogP contribution in [-0.4, -0.2) is 19.0 Å². The molecule has 0 aliphatic rings. The maximum absolute atomic E-state index is 5.99. The van der Waals surface area contributed by atoms with Gasteiger partial charge < -0.3 is 9.47 Å². The number of hydrogen-bond donors (Lipinski definition) is 0. The molecule has 0 aliphatic carbocycles. The second kappa shape index (κ2) is 8.28. The molecule has 0 heterocycles. The minimum Gasteiger partial charge on any atom is -0.497 e. The maximum Gasteiger partial charge on any atom is 0.123 e. The highest BCUT2D eigenvalue weighted by Gasteiger charge is 2.08. The monoisotopic (exact) mass is 350 g/mol. The van der Waals surface area contributed by atoms with Crippen molar-refractivity contribution in [2.24, 2.45) is 0 Å². The van der Waals surface area contributed by atoms with Gasteiger partial charge in [-0.05, 0) is 54.7 Å². The third-order valence-electron chi connectivity index (χ3n) is 3.68. The zero-order valence-corrected chi connectivity index (χ0v) is 14.4. The van der Waals surface area contributed by atoms with E-state index in [0.29, 0.717) is 0 Å². The highest BCUT2D eigenvalue weighted by atomic mass is 79.9. The van der Waals surface area contributed by atoms with Gasteiger partial charge in [-0.1, -0.05) is 35.0 Å². The minimum atomic E-state index is 0.793. The summed E-state index contributed by atoms with van der Waals surface area (Å²) in [7, 11) is 1.70. The third-order valence-corrected chi connectivity index (χ3v) is 4.25. The van der Waals surface area contributed by atoms with Gasteiger partial charge >= 0.3 is 0 Å². The van der Waals surface area contributed by atoms with E-state index in [2.05, 4.69) is 47.1 Å². The van der Waals surface area contributed by atoms with Gasteiger partial charge in [0.2, 0.25) is 0 Å². The van der Waals surface area contributed by atoms with Crippen LogP contribution in [0, 0.1) is 0 Å². The van der Waals surface area contributed by atoms with E-state index in [1.165, 1.54) is 29.2 Å². The van der Waals surface area contributed by atoms with E-state index in [1.54, 1.807) is 7.11 Å². The summed E-state index contributed by atoms with van der Waals surface area (Å²) in [5, 5.41) is 3.54. The average Bonchev–Trinajstić information content (AvgIpc) is 2.53. The van der Waals surface area contributed by atoms with Gasteiger partial charge in [-0.15, -0.1) is 0 Å². The number of aryl methyl sites for hydroxylation is 1. The number of ether oxygens (including phenoxy) is 2. The lowest BCUT2D eigenvalue weighted by atomic mass is 10.0. The second-order valence-electron chi connectivity index (χ2n) is 5.08. The normalized spacial score (nSPS) is 10.8. The van der Waals surface area contributed by atoms with E-state index >= 15 is 0 Å². The first-order valence-electron chi connectivity index (χ1n) is 7.58. The van der Waals surface area contributed by atoms with Crippen molar-refractivity contribution in [3.05, 3.63) is 35.9 Å². The first kappa shape index (κ1) is 16.2. The highest BCUT2D eigenvalue weighted by molar-refractivity contribution is 9.09. The summed E-state index contributed by atoms with van der Waals surface area (Å²) in [5.41, 5.74) is 1.29. The Labute approximate surface area is 135 Å². The molecule has 0 bridgehead atoms. The molecule has 0 saturated heterocycles. The van der Waals surface area contributed by atoms with Gasteiger partial charge in [0.05, 0.1) is 13.7 Å². The van der Waals surface area contributed by atoms with Crippen LogP contribution in [0.4, 0.5) is 0 Å². The Morgan fingerprint density at radius 2 is 1.90 bits per heavy atom. The van der Waals surface area contributed by atoms with Gasteiger partial charge in [-0.2, -0.15) is 0 Å². The zero-order valence-electron chi connectivity index (χ0n) is 12.8. The Morgan fingerprint density at radius 1 is 1.05 bits per heavy atom. The Morgan fingerprint density at radius 3 is 2.62 bits per heavy atom. The fraction of sp³-hybridized carbons (Fsp3) is 0.444. The van der Waals surface area contributed by atoms with E-state index in [9.17, 15) is 0 Å². The molecule has 0 N–H and O–H groups in total. The molecule has 2 aromatic rings. The number of alkyl halides is 1. The molecule has 2 nitrogen and oxygen atoms in total. The van der Waals surface area contributed by atoms with Gasteiger partial charge in [0.15, 0.2) is 0 Å². The van der Waals surface area contributed by atoms with Crippen LogP contribution in [0.5, 0.6) is 11.5 Å². The van der Waals surface area contributed by atoms with Crippen LogP contribution in [0.2, 0.25) is 0 Å². The first-order valence-corrected chi connectivity index (χ1v) is 8.70. The lowest BCUT2D eigenvalue weighted by Crippen LogP contribution is -2.00. The van der Waals surface area contributed by atoms with E-state index in [1.807, 2.05) is 6.07 Å². The lowest BCUT2D eigenvalue weighted by molar-refractivity contribution is 0.304. The molecule has 2 rings (SSSR count). The van der Waals surface area contributed by atoms with Crippen molar-refractivity contribution >= 4 is 26.7 Å². The van der Waals surface area contributed by atoms with Gasteiger partial charge in [-0.25, -0.2) is 0 Å². The summed E-state index contributed by atoms with van der Waals surface area (Å²) in [6, 6.07) is 10.4. The standard InChI is InChI=1S/C18H23BrO2/c1-3-16-17-9-8-15(20-2)13-14(17)7-10-18(16)21-12-6-4-5-11-19/h7-10,13H,3-6,11-12H2,1-2H3. The summed E-state index contributed by atoms with van der Waals surface area (Å²) in [6.07, 6.45) is 4.49. The summed E-state index contributed by atoms with van der Waals surface area (Å²) in [4.78, 5) is 0.